The van der Waals surface area contributed by atoms with Crippen LogP contribution in [0.15, 0.2) is 82.8 Å². The Morgan fingerprint density at radius 3 is 1.82 bits per heavy atom. The van der Waals surface area contributed by atoms with Gasteiger partial charge in [0.1, 0.15) is 11.5 Å². The van der Waals surface area contributed by atoms with Crippen molar-refractivity contribution >= 4 is 15.7 Å². The molecule has 0 saturated carbocycles. The van der Waals surface area contributed by atoms with E-state index in [0.29, 0.717) is 18.1 Å². The van der Waals surface area contributed by atoms with E-state index in [-0.39, 0.29) is 4.90 Å². The van der Waals surface area contributed by atoms with E-state index >= 15 is 0 Å². The van der Waals surface area contributed by atoms with E-state index in [1.165, 1.54) is 44.9 Å². The monoisotopic (exact) mass is 536 g/mol. The maximum absolute atomic E-state index is 12.9. The molecule has 38 heavy (non-hydrogen) atoms. The smallest absolute Gasteiger partial charge is 0.276 e. The Kier molecular flexibility index (Phi) is 11.7. The van der Waals surface area contributed by atoms with E-state index in [4.69, 9.17) is 9.47 Å². The fourth-order valence-electron chi connectivity index (χ4n) is 4.06. The van der Waals surface area contributed by atoms with Crippen LogP contribution in [0.1, 0.15) is 75.0 Å². The Morgan fingerprint density at radius 1 is 0.737 bits per heavy atom. The van der Waals surface area contributed by atoms with Crippen LogP contribution in [0.4, 0.5) is 0 Å². The largest absolute Gasteiger partial charge is 0.497 e. The van der Waals surface area contributed by atoms with Gasteiger partial charge in [0, 0.05) is 11.1 Å². The number of methoxy groups -OCH3 is 1. The first kappa shape index (κ1) is 29.2. The Labute approximate surface area is 228 Å². The third-order valence-electron chi connectivity index (χ3n) is 6.37. The normalized spacial score (nSPS) is 11.8. The molecule has 0 aliphatic rings. The molecule has 0 unspecified atom stereocenters. The lowest BCUT2D eigenvalue weighted by molar-refractivity contribution is 0.304. The van der Waals surface area contributed by atoms with E-state index in [1.807, 2.05) is 55.5 Å². The van der Waals surface area contributed by atoms with Gasteiger partial charge in [-0.1, -0.05) is 69.6 Å². The van der Waals surface area contributed by atoms with E-state index in [1.54, 1.807) is 31.4 Å². The fraction of sp³-hybridized carbons (Fsp3) is 0.387. The second-order valence-corrected chi connectivity index (χ2v) is 11.1. The van der Waals surface area contributed by atoms with Gasteiger partial charge in [0.05, 0.1) is 24.3 Å². The summed E-state index contributed by atoms with van der Waals surface area (Å²) in [5, 5.41) is 4.34. The average Bonchev–Trinajstić information content (AvgIpc) is 2.93. The molecule has 0 aromatic heterocycles. The number of hydrazone groups is 1. The van der Waals surface area contributed by atoms with Gasteiger partial charge in [-0.05, 0) is 74.0 Å². The first-order chi connectivity index (χ1) is 18.4. The van der Waals surface area contributed by atoms with Crippen molar-refractivity contribution in [3.63, 3.8) is 0 Å². The maximum atomic E-state index is 12.9. The van der Waals surface area contributed by atoms with Gasteiger partial charge in [-0.2, -0.15) is 18.4 Å². The van der Waals surface area contributed by atoms with Gasteiger partial charge in [0.15, 0.2) is 0 Å². The maximum Gasteiger partial charge on any atom is 0.276 e. The third kappa shape index (κ3) is 9.21. The molecule has 0 radical (unpaired) electrons. The summed E-state index contributed by atoms with van der Waals surface area (Å²) < 4.78 is 36.9. The first-order valence-corrected chi connectivity index (χ1v) is 14.9. The number of rotatable bonds is 16. The number of aryl methyl sites for hydroxylation is 1. The SMILES string of the molecule is CCCCCCCCCCOc1ccc(/C(=N\NS(=O)(=O)c2ccc(C)cc2)c2ccc(OC)cc2)cc1. The Balaban J connectivity index is 1.67. The third-order valence-corrected chi connectivity index (χ3v) is 7.59. The summed E-state index contributed by atoms with van der Waals surface area (Å²) in [6.07, 6.45) is 10.1. The number of unbranched alkanes of at least 4 members (excludes halogenated alkanes) is 7. The molecule has 0 fully saturated rings. The van der Waals surface area contributed by atoms with Crippen molar-refractivity contribution in [2.24, 2.45) is 5.10 Å². The van der Waals surface area contributed by atoms with Crippen molar-refractivity contribution in [3.8, 4) is 11.5 Å². The first-order valence-electron chi connectivity index (χ1n) is 13.5. The van der Waals surface area contributed by atoms with Crippen LogP contribution in [-0.2, 0) is 10.0 Å². The van der Waals surface area contributed by atoms with Crippen molar-refractivity contribution < 1.29 is 17.9 Å². The van der Waals surface area contributed by atoms with Crippen LogP contribution in [0.2, 0.25) is 0 Å². The fourth-order valence-corrected chi connectivity index (χ4v) is 4.87. The second kappa shape index (κ2) is 15.2. The highest BCUT2D eigenvalue weighted by atomic mass is 32.2. The highest BCUT2D eigenvalue weighted by Crippen LogP contribution is 2.20. The summed E-state index contributed by atoms with van der Waals surface area (Å²) >= 11 is 0. The highest BCUT2D eigenvalue weighted by molar-refractivity contribution is 7.89. The van der Waals surface area contributed by atoms with Crippen LogP contribution in [0.5, 0.6) is 11.5 Å². The van der Waals surface area contributed by atoms with Crippen LogP contribution >= 0.6 is 0 Å². The molecule has 204 valence electrons. The summed E-state index contributed by atoms with van der Waals surface area (Å²) in [6.45, 7) is 4.83. The summed E-state index contributed by atoms with van der Waals surface area (Å²) in [4.78, 5) is 2.56. The Bertz CT molecular complexity index is 1240. The number of hydrogen-bond donors (Lipinski definition) is 1. The van der Waals surface area contributed by atoms with E-state index in [9.17, 15) is 8.42 Å². The molecule has 0 atom stereocenters. The van der Waals surface area contributed by atoms with E-state index < -0.39 is 10.0 Å². The summed E-state index contributed by atoms with van der Waals surface area (Å²) in [5.74, 6) is 1.49. The van der Waals surface area contributed by atoms with Gasteiger partial charge in [-0.15, -0.1) is 0 Å². The zero-order valence-electron chi connectivity index (χ0n) is 22.8. The van der Waals surface area contributed by atoms with Crippen LogP contribution in [0.3, 0.4) is 0 Å². The molecule has 0 heterocycles. The molecule has 3 rings (SSSR count). The van der Waals surface area contributed by atoms with Crippen molar-refractivity contribution in [1.29, 1.82) is 0 Å². The van der Waals surface area contributed by atoms with Crippen LogP contribution < -0.4 is 14.3 Å². The highest BCUT2D eigenvalue weighted by Gasteiger charge is 2.15. The molecule has 0 spiro atoms. The minimum atomic E-state index is -3.82. The van der Waals surface area contributed by atoms with Crippen LogP contribution in [0.25, 0.3) is 0 Å². The number of benzene rings is 3. The lowest BCUT2D eigenvalue weighted by atomic mass is 10.0. The molecule has 1 N–H and O–H groups in total. The molecule has 0 bridgehead atoms. The minimum Gasteiger partial charge on any atom is -0.497 e. The topological polar surface area (TPSA) is 77.0 Å². The quantitative estimate of drug-likeness (QED) is 0.119. The van der Waals surface area contributed by atoms with Crippen LogP contribution in [0, 0.1) is 6.92 Å². The summed E-state index contributed by atoms with van der Waals surface area (Å²) in [6, 6.07) is 21.6. The van der Waals surface area contributed by atoms with Gasteiger partial charge in [0.2, 0.25) is 0 Å². The molecular formula is C31H40N2O4S. The molecule has 3 aromatic rings. The number of ether oxygens (including phenoxy) is 2. The molecule has 3 aromatic carbocycles. The van der Waals surface area contributed by atoms with Crippen molar-refractivity contribution in [2.45, 2.75) is 70.1 Å². The standard InChI is InChI=1S/C31H40N2O4S/c1-4-5-6-7-8-9-10-11-24-37-29-20-16-27(17-21-29)31(26-14-18-28(36-3)19-15-26)32-33-38(34,35)30-22-12-25(2)13-23-30/h12-23,33H,4-11,24H2,1-3H3/b32-31-. The lowest BCUT2D eigenvalue weighted by Crippen LogP contribution is -2.21. The van der Waals surface area contributed by atoms with Crippen molar-refractivity contribution in [1.82, 2.24) is 4.83 Å². The minimum absolute atomic E-state index is 0.158. The van der Waals surface area contributed by atoms with Crippen molar-refractivity contribution in [3.05, 3.63) is 89.5 Å². The lowest BCUT2D eigenvalue weighted by Gasteiger charge is -2.11. The predicted octanol–water partition coefficient (Wildman–Crippen LogP) is 7.25. The van der Waals surface area contributed by atoms with Gasteiger partial charge >= 0.3 is 0 Å². The molecule has 7 heteroatoms. The van der Waals surface area contributed by atoms with Gasteiger partial charge in [0.25, 0.3) is 10.0 Å². The molecule has 0 saturated heterocycles. The number of hydrogen-bond acceptors (Lipinski definition) is 5. The summed E-state index contributed by atoms with van der Waals surface area (Å²) in [7, 11) is -2.22. The molecular weight excluding hydrogens is 496 g/mol. The van der Waals surface area contributed by atoms with E-state index in [0.717, 1.165) is 28.9 Å². The molecule has 0 aliphatic heterocycles. The molecule has 6 nitrogen and oxygen atoms in total. The Morgan fingerprint density at radius 2 is 1.26 bits per heavy atom. The zero-order chi connectivity index (χ0) is 27.2. The van der Waals surface area contributed by atoms with Crippen molar-refractivity contribution in [2.75, 3.05) is 13.7 Å². The van der Waals surface area contributed by atoms with Gasteiger partial charge < -0.3 is 9.47 Å². The number of sulfonamides is 1. The van der Waals surface area contributed by atoms with Gasteiger partial charge in [-0.3, -0.25) is 0 Å². The average molecular weight is 537 g/mol. The molecule has 0 amide bonds. The molecule has 0 aliphatic carbocycles. The zero-order valence-corrected chi connectivity index (χ0v) is 23.6. The summed E-state index contributed by atoms with van der Waals surface area (Å²) in [5.41, 5.74) is 3.00. The number of nitrogens with one attached hydrogen (secondary N) is 1. The Hall–Kier alpha value is -3.32. The van der Waals surface area contributed by atoms with Crippen LogP contribution in [-0.4, -0.2) is 27.8 Å². The van der Waals surface area contributed by atoms with Gasteiger partial charge in [-0.25, -0.2) is 0 Å². The van der Waals surface area contributed by atoms with E-state index in [2.05, 4.69) is 16.9 Å². The number of nitrogens with zero attached hydrogens (tertiary/aromatic N) is 1. The second-order valence-electron chi connectivity index (χ2n) is 9.44. The predicted molar refractivity (Wildman–Crippen MR) is 155 cm³/mol.